The number of fused-ring (bicyclic) bond motifs is 1. The predicted octanol–water partition coefficient (Wildman–Crippen LogP) is 2.19. The Morgan fingerprint density at radius 1 is 1.11 bits per heavy atom. The first-order chi connectivity index (χ1) is 8.66. The highest BCUT2D eigenvalue weighted by Crippen LogP contribution is 2.55. The van der Waals surface area contributed by atoms with Crippen molar-refractivity contribution in [1.82, 2.24) is 4.90 Å². The van der Waals surface area contributed by atoms with Crippen molar-refractivity contribution < 1.29 is 9.47 Å². The molecule has 96 valence electrons. The minimum atomic E-state index is -0.580. The standard InChI is InChI=1S/C15H19NO2/c1-14-9-10-15(17-2,18-3)13(14)16(14)11-12-7-5-4-6-8-12/h4-10,13H,11H2,1-3H3/t13-,14-,16?/m0/s1. The van der Waals surface area contributed by atoms with Gasteiger partial charge < -0.3 is 9.47 Å². The Hall–Kier alpha value is -1.16. The molecule has 1 aliphatic heterocycles. The van der Waals surface area contributed by atoms with Crippen LogP contribution in [0.3, 0.4) is 0 Å². The van der Waals surface area contributed by atoms with Crippen molar-refractivity contribution in [3.8, 4) is 0 Å². The van der Waals surface area contributed by atoms with Gasteiger partial charge in [0, 0.05) is 20.8 Å². The Bertz CT molecular complexity index is 467. The van der Waals surface area contributed by atoms with E-state index in [9.17, 15) is 0 Å². The summed E-state index contributed by atoms with van der Waals surface area (Å²) in [6.07, 6.45) is 4.24. The highest BCUT2D eigenvalue weighted by molar-refractivity contribution is 5.39. The SMILES string of the molecule is COC1(OC)C=C[C@@]2(C)[C@@H]1N2Cc1ccccc1. The summed E-state index contributed by atoms with van der Waals surface area (Å²) in [7, 11) is 3.41. The largest absolute Gasteiger partial charge is 0.348 e. The van der Waals surface area contributed by atoms with Crippen molar-refractivity contribution in [3.63, 3.8) is 0 Å². The summed E-state index contributed by atoms with van der Waals surface area (Å²) >= 11 is 0. The third-order valence-electron chi connectivity index (χ3n) is 4.28. The molecule has 0 spiro atoms. The molecule has 1 aliphatic carbocycles. The molecule has 0 amide bonds. The Morgan fingerprint density at radius 3 is 2.39 bits per heavy atom. The molecule has 0 bridgehead atoms. The average Bonchev–Trinajstić information content (AvgIpc) is 2.86. The molecule has 1 aromatic rings. The first-order valence-electron chi connectivity index (χ1n) is 6.28. The van der Waals surface area contributed by atoms with E-state index in [-0.39, 0.29) is 11.6 Å². The van der Waals surface area contributed by atoms with Gasteiger partial charge in [0.2, 0.25) is 5.79 Å². The minimum Gasteiger partial charge on any atom is -0.348 e. The van der Waals surface area contributed by atoms with Crippen molar-refractivity contribution >= 4 is 0 Å². The lowest BCUT2D eigenvalue weighted by Crippen LogP contribution is -2.38. The molecule has 0 saturated carbocycles. The molecule has 1 fully saturated rings. The summed E-state index contributed by atoms with van der Waals surface area (Å²) in [5, 5.41) is 0. The third kappa shape index (κ3) is 1.48. The van der Waals surface area contributed by atoms with E-state index in [1.54, 1.807) is 14.2 Å². The Kier molecular flexibility index (Phi) is 2.59. The maximum atomic E-state index is 5.58. The van der Waals surface area contributed by atoms with Crippen LogP contribution in [0, 0.1) is 0 Å². The number of benzene rings is 1. The number of methoxy groups -OCH3 is 2. The molecule has 1 saturated heterocycles. The molecular formula is C15H19NO2. The second kappa shape index (κ2) is 3.92. The molecule has 0 N–H and O–H groups in total. The predicted molar refractivity (Wildman–Crippen MR) is 70.1 cm³/mol. The van der Waals surface area contributed by atoms with Gasteiger partial charge in [0.05, 0.1) is 11.6 Å². The van der Waals surface area contributed by atoms with Gasteiger partial charge in [0.25, 0.3) is 0 Å². The van der Waals surface area contributed by atoms with Gasteiger partial charge in [0.15, 0.2) is 0 Å². The zero-order valence-corrected chi connectivity index (χ0v) is 11.1. The maximum absolute atomic E-state index is 5.58. The summed E-state index contributed by atoms with van der Waals surface area (Å²) in [4.78, 5) is 2.41. The molecule has 3 rings (SSSR count). The van der Waals surface area contributed by atoms with Gasteiger partial charge in [-0.25, -0.2) is 0 Å². The molecule has 3 atom stereocenters. The topological polar surface area (TPSA) is 21.5 Å². The second-order valence-electron chi connectivity index (χ2n) is 5.20. The monoisotopic (exact) mass is 245 g/mol. The molecule has 18 heavy (non-hydrogen) atoms. The van der Waals surface area contributed by atoms with Gasteiger partial charge in [-0.3, -0.25) is 4.90 Å². The van der Waals surface area contributed by atoms with E-state index in [2.05, 4.69) is 42.2 Å². The summed E-state index contributed by atoms with van der Waals surface area (Å²) in [5.41, 5.74) is 1.39. The van der Waals surface area contributed by atoms with Gasteiger partial charge >= 0.3 is 0 Å². The van der Waals surface area contributed by atoms with Crippen molar-refractivity contribution in [1.29, 1.82) is 0 Å². The molecular weight excluding hydrogens is 226 g/mol. The van der Waals surface area contributed by atoms with E-state index in [1.807, 2.05) is 12.1 Å². The van der Waals surface area contributed by atoms with Crippen LogP contribution in [0.2, 0.25) is 0 Å². The van der Waals surface area contributed by atoms with Crippen LogP contribution in [0.15, 0.2) is 42.5 Å². The number of rotatable bonds is 4. The summed E-state index contributed by atoms with van der Waals surface area (Å²) in [5.74, 6) is -0.580. The zero-order valence-electron chi connectivity index (χ0n) is 11.1. The van der Waals surface area contributed by atoms with Gasteiger partial charge in [0.1, 0.15) is 0 Å². The number of nitrogens with zero attached hydrogens (tertiary/aromatic N) is 1. The lowest BCUT2D eigenvalue weighted by molar-refractivity contribution is -0.174. The van der Waals surface area contributed by atoms with E-state index < -0.39 is 5.79 Å². The van der Waals surface area contributed by atoms with Crippen LogP contribution >= 0.6 is 0 Å². The van der Waals surface area contributed by atoms with Crippen molar-refractivity contribution in [2.75, 3.05) is 14.2 Å². The van der Waals surface area contributed by atoms with E-state index in [4.69, 9.17) is 9.47 Å². The van der Waals surface area contributed by atoms with Crippen LogP contribution < -0.4 is 0 Å². The molecule has 0 radical (unpaired) electrons. The normalized spacial score (nSPS) is 35.5. The van der Waals surface area contributed by atoms with Crippen LogP contribution in [-0.2, 0) is 16.0 Å². The highest BCUT2D eigenvalue weighted by atomic mass is 16.7. The van der Waals surface area contributed by atoms with Crippen LogP contribution in [0.5, 0.6) is 0 Å². The molecule has 3 heteroatoms. The second-order valence-corrected chi connectivity index (χ2v) is 5.20. The summed E-state index contributed by atoms with van der Waals surface area (Å²) < 4.78 is 11.2. The summed E-state index contributed by atoms with van der Waals surface area (Å²) in [6.45, 7) is 3.16. The Labute approximate surface area is 108 Å². The third-order valence-corrected chi connectivity index (χ3v) is 4.28. The molecule has 3 nitrogen and oxygen atoms in total. The van der Waals surface area contributed by atoms with Gasteiger partial charge in [-0.1, -0.05) is 36.4 Å². The van der Waals surface area contributed by atoms with Crippen LogP contribution in [0.4, 0.5) is 0 Å². The number of hydrogen-bond acceptors (Lipinski definition) is 3. The first kappa shape index (κ1) is 11.9. The number of ether oxygens (including phenoxy) is 2. The van der Waals surface area contributed by atoms with Crippen molar-refractivity contribution in [3.05, 3.63) is 48.0 Å². The van der Waals surface area contributed by atoms with Crippen LogP contribution in [0.1, 0.15) is 12.5 Å². The number of hydrogen-bond donors (Lipinski definition) is 0. The maximum Gasteiger partial charge on any atom is 0.205 e. The molecule has 1 unspecified atom stereocenters. The smallest absolute Gasteiger partial charge is 0.205 e. The van der Waals surface area contributed by atoms with Gasteiger partial charge in [-0.2, -0.15) is 0 Å². The van der Waals surface area contributed by atoms with E-state index in [0.717, 1.165) is 6.54 Å². The fourth-order valence-corrected chi connectivity index (χ4v) is 3.14. The quantitative estimate of drug-likeness (QED) is 0.461. The average molecular weight is 245 g/mol. The van der Waals surface area contributed by atoms with Crippen molar-refractivity contribution in [2.45, 2.75) is 30.8 Å². The zero-order chi connectivity index (χ0) is 12.8. The first-order valence-corrected chi connectivity index (χ1v) is 6.28. The highest BCUT2D eigenvalue weighted by Gasteiger charge is 2.70. The van der Waals surface area contributed by atoms with Crippen molar-refractivity contribution in [2.24, 2.45) is 0 Å². The molecule has 1 aromatic carbocycles. The summed E-state index contributed by atoms with van der Waals surface area (Å²) in [6, 6.07) is 10.8. The fraction of sp³-hybridized carbons (Fsp3) is 0.467. The van der Waals surface area contributed by atoms with E-state index >= 15 is 0 Å². The van der Waals surface area contributed by atoms with Gasteiger partial charge in [-0.05, 0) is 18.6 Å². The lowest BCUT2D eigenvalue weighted by atomic mass is 10.1. The molecule has 2 aliphatic rings. The Morgan fingerprint density at radius 2 is 1.78 bits per heavy atom. The van der Waals surface area contributed by atoms with Gasteiger partial charge in [-0.15, -0.1) is 0 Å². The van der Waals surface area contributed by atoms with E-state index in [0.29, 0.717) is 0 Å². The lowest BCUT2D eigenvalue weighted by Gasteiger charge is -2.26. The fourth-order valence-electron chi connectivity index (χ4n) is 3.14. The molecule has 0 aromatic heterocycles. The van der Waals surface area contributed by atoms with Crippen LogP contribution in [-0.4, -0.2) is 36.5 Å². The minimum absolute atomic E-state index is 0.0713. The molecule has 1 heterocycles. The van der Waals surface area contributed by atoms with E-state index in [1.165, 1.54) is 5.56 Å². The van der Waals surface area contributed by atoms with Crippen LogP contribution in [0.25, 0.3) is 0 Å². The Balaban J connectivity index is 1.80.